The number of hydrogen-bond donors (Lipinski definition) is 1. The second kappa shape index (κ2) is 10.8. The van der Waals surface area contributed by atoms with Crippen molar-refractivity contribution in [3.63, 3.8) is 0 Å². The van der Waals surface area contributed by atoms with E-state index >= 15 is 0 Å². The molecule has 1 aliphatic rings. The highest BCUT2D eigenvalue weighted by molar-refractivity contribution is 6.42. The van der Waals surface area contributed by atoms with Crippen LogP contribution in [0.3, 0.4) is 0 Å². The molecule has 7 heteroatoms. The first-order valence-electron chi connectivity index (χ1n) is 11.1. The summed E-state index contributed by atoms with van der Waals surface area (Å²) in [4.78, 5) is 19.7. The van der Waals surface area contributed by atoms with Crippen molar-refractivity contribution in [3.05, 3.63) is 92.0 Å². The fourth-order valence-electron chi connectivity index (χ4n) is 4.04. The van der Waals surface area contributed by atoms with E-state index in [0.29, 0.717) is 51.9 Å². The van der Waals surface area contributed by atoms with Crippen LogP contribution in [0.25, 0.3) is 0 Å². The van der Waals surface area contributed by atoms with E-state index in [1.54, 1.807) is 19.2 Å². The number of nitrogens with one attached hydrogen (secondary N) is 1. The molecule has 0 saturated heterocycles. The van der Waals surface area contributed by atoms with Crippen molar-refractivity contribution in [2.45, 2.75) is 38.1 Å². The molecule has 0 spiro atoms. The molecule has 1 aromatic heterocycles. The van der Waals surface area contributed by atoms with Crippen LogP contribution in [0, 0.1) is 0 Å². The minimum Gasteiger partial charge on any atom is -0.372 e. The molecule has 1 fully saturated rings. The number of aromatic nitrogens is 1. The lowest BCUT2D eigenvalue weighted by atomic mass is 9.80. The molecule has 0 bridgehead atoms. The number of rotatable bonds is 8. The summed E-state index contributed by atoms with van der Waals surface area (Å²) in [6.07, 6.45) is 6.02. The Morgan fingerprint density at radius 3 is 2.39 bits per heavy atom. The highest BCUT2D eigenvalue weighted by atomic mass is 35.5. The van der Waals surface area contributed by atoms with E-state index in [4.69, 9.17) is 34.8 Å². The van der Waals surface area contributed by atoms with Gasteiger partial charge >= 0.3 is 0 Å². The van der Waals surface area contributed by atoms with Crippen molar-refractivity contribution < 1.29 is 4.79 Å². The summed E-state index contributed by atoms with van der Waals surface area (Å²) in [6, 6.07) is 15.9. The number of halogens is 3. The molecular formula is C26H26Cl3N3O. The predicted octanol–water partition coefficient (Wildman–Crippen LogP) is 7.24. The maximum Gasteiger partial charge on any atom is 0.257 e. The highest BCUT2D eigenvalue weighted by Gasteiger charge is 2.22. The molecule has 0 unspecified atom stereocenters. The van der Waals surface area contributed by atoms with Crippen molar-refractivity contribution in [3.8, 4) is 0 Å². The van der Waals surface area contributed by atoms with Gasteiger partial charge in [0, 0.05) is 26.3 Å². The molecule has 33 heavy (non-hydrogen) atoms. The Kier molecular flexibility index (Phi) is 7.79. The van der Waals surface area contributed by atoms with Gasteiger partial charge in [-0.1, -0.05) is 71.6 Å². The fraction of sp³-hybridized carbons (Fsp3) is 0.308. The third-order valence-electron chi connectivity index (χ3n) is 6.19. The van der Waals surface area contributed by atoms with Crippen molar-refractivity contribution in [2.75, 3.05) is 18.9 Å². The van der Waals surface area contributed by atoms with Gasteiger partial charge < -0.3 is 10.2 Å². The lowest BCUT2D eigenvalue weighted by molar-refractivity contribution is 0.0745. The zero-order valence-electron chi connectivity index (χ0n) is 18.5. The molecule has 0 radical (unpaired) electrons. The van der Waals surface area contributed by atoms with Crippen LogP contribution in [0.15, 0.2) is 54.7 Å². The molecule has 172 valence electrons. The number of benzene rings is 2. The number of carbonyl (C=O) groups excluding carboxylic acids is 1. The van der Waals surface area contributed by atoms with E-state index in [2.05, 4.69) is 34.6 Å². The molecule has 1 aliphatic carbocycles. The number of amides is 1. The summed E-state index contributed by atoms with van der Waals surface area (Å²) < 4.78 is 0. The minimum absolute atomic E-state index is 0.127. The van der Waals surface area contributed by atoms with Gasteiger partial charge in [0.2, 0.25) is 0 Å². The van der Waals surface area contributed by atoms with Gasteiger partial charge in [0.15, 0.2) is 0 Å². The van der Waals surface area contributed by atoms with Crippen LogP contribution in [0.2, 0.25) is 15.1 Å². The zero-order valence-corrected chi connectivity index (χ0v) is 20.7. The van der Waals surface area contributed by atoms with Crippen molar-refractivity contribution in [2.24, 2.45) is 0 Å². The Balaban J connectivity index is 1.57. The number of carbonyl (C=O) groups is 1. The van der Waals surface area contributed by atoms with E-state index in [-0.39, 0.29) is 5.91 Å². The molecular weight excluding hydrogens is 477 g/mol. The Bertz CT molecular complexity index is 1130. The van der Waals surface area contributed by atoms with Crippen molar-refractivity contribution in [1.82, 2.24) is 9.88 Å². The smallest absolute Gasteiger partial charge is 0.257 e. The average Bonchev–Trinajstić information content (AvgIpc) is 2.78. The topological polar surface area (TPSA) is 45.2 Å². The van der Waals surface area contributed by atoms with Gasteiger partial charge in [-0.25, -0.2) is 4.98 Å². The molecule has 0 atom stereocenters. The van der Waals surface area contributed by atoms with E-state index in [1.165, 1.54) is 31.0 Å². The molecule has 2 aromatic carbocycles. The summed E-state index contributed by atoms with van der Waals surface area (Å²) in [7, 11) is 1.74. The quantitative estimate of drug-likeness (QED) is 0.353. The van der Waals surface area contributed by atoms with Crippen LogP contribution in [0.4, 0.5) is 5.82 Å². The monoisotopic (exact) mass is 501 g/mol. The molecule has 4 nitrogen and oxygen atoms in total. The average molecular weight is 503 g/mol. The highest BCUT2D eigenvalue weighted by Crippen LogP contribution is 2.36. The van der Waals surface area contributed by atoms with E-state index < -0.39 is 0 Å². The van der Waals surface area contributed by atoms with Gasteiger partial charge in [-0.05, 0) is 60.1 Å². The van der Waals surface area contributed by atoms with Gasteiger partial charge in [0.25, 0.3) is 5.91 Å². The van der Waals surface area contributed by atoms with E-state index in [0.717, 1.165) is 11.1 Å². The molecule has 3 aromatic rings. The summed E-state index contributed by atoms with van der Waals surface area (Å²) in [6.45, 7) is 0.998. The van der Waals surface area contributed by atoms with Crippen molar-refractivity contribution in [1.29, 1.82) is 0 Å². The molecule has 1 N–H and O–H groups in total. The SMILES string of the molecule is CNc1ncc(Cl)cc1C(=O)N(CCc1ccc(Cl)c(Cl)c1)Cc1ccc(C2CCC2)cc1. The van der Waals surface area contributed by atoms with Crippen LogP contribution in [-0.2, 0) is 13.0 Å². The predicted molar refractivity (Wildman–Crippen MR) is 137 cm³/mol. The van der Waals surface area contributed by atoms with Crippen LogP contribution in [0.1, 0.15) is 52.2 Å². The molecule has 1 amide bonds. The number of anilines is 1. The summed E-state index contributed by atoms with van der Waals surface area (Å²) >= 11 is 18.4. The second-order valence-corrected chi connectivity index (χ2v) is 9.65. The fourth-order valence-corrected chi connectivity index (χ4v) is 4.52. The first-order chi connectivity index (χ1) is 15.9. The van der Waals surface area contributed by atoms with Gasteiger partial charge in [-0.15, -0.1) is 0 Å². The first kappa shape index (κ1) is 23.9. The Labute approximate surface area is 209 Å². The Morgan fingerprint density at radius 1 is 1.03 bits per heavy atom. The van der Waals surface area contributed by atoms with Crippen LogP contribution in [0.5, 0.6) is 0 Å². The molecule has 1 heterocycles. The lowest BCUT2D eigenvalue weighted by Crippen LogP contribution is -2.33. The number of pyridine rings is 1. The van der Waals surface area contributed by atoms with Crippen LogP contribution in [-0.4, -0.2) is 29.4 Å². The number of nitrogens with zero attached hydrogens (tertiary/aromatic N) is 2. The van der Waals surface area contributed by atoms with Crippen LogP contribution < -0.4 is 5.32 Å². The van der Waals surface area contributed by atoms with Gasteiger partial charge in [0.1, 0.15) is 5.82 Å². The molecule has 4 rings (SSSR count). The van der Waals surface area contributed by atoms with Crippen LogP contribution >= 0.6 is 34.8 Å². The summed E-state index contributed by atoms with van der Waals surface area (Å²) in [5.41, 5.74) is 3.93. The van der Waals surface area contributed by atoms with Gasteiger partial charge in [0.05, 0.1) is 20.6 Å². The second-order valence-electron chi connectivity index (χ2n) is 8.39. The first-order valence-corrected chi connectivity index (χ1v) is 12.2. The molecule has 0 aliphatic heterocycles. The zero-order chi connectivity index (χ0) is 23.4. The Hall–Kier alpha value is -2.27. The number of hydrogen-bond acceptors (Lipinski definition) is 3. The summed E-state index contributed by atoms with van der Waals surface area (Å²) in [5, 5.41) is 4.44. The van der Waals surface area contributed by atoms with E-state index in [9.17, 15) is 4.79 Å². The lowest BCUT2D eigenvalue weighted by Gasteiger charge is -2.27. The largest absolute Gasteiger partial charge is 0.372 e. The third kappa shape index (κ3) is 5.81. The normalized spacial score (nSPS) is 13.5. The maximum absolute atomic E-state index is 13.6. The Morgan fingerprint density at radius 2 is 1.76 bits per heavy atom. The van der Waals surface area contributed by atoms with Crippen molar-refractivity contribution >= 4 is 46.5 Å². The van der Waals surface area contributed by atoms with E-state index in [1.807, 2.05) is 17.0 Å². The molecule has 1 saturated carbocycles. The minimum atomic E-state index is -0.127. The maximum atomic E-state index is 13.6. The standard InChI is InChI=1S/C26H26Cl3N3O/c1-30-25-22(14-21(27)15-31-25)26(33)32(12-11-17-7-10-23(28)24(29)13-17)16-18-5-8-20(9-6-18)19-3-2-4-19/h5-10,13-15,19H,2-4,11-12,16H2,1H3,(H,30,31). The third-order valence-corrected chi connectivity index (χ3v) is 7.14. The summed E-state index contributed by atoms with van der Waals surface area (Å²) in [5.74, 6) is 1.06. The van der Waals surface area contributed by atoms with Gasteiger partial charge in [-0.2, -0.15) is 0 Å². The van der Waals surface area contributed by atoms with Gasteiger partial charge in [-0.3, -0.25) is 4.79 Å².